The van der Waals surface area contributed by atoms with Gasteiger partial charge in [-0.3, -0.25) is 4.79 Å². The zero-order chi connectivity index (χ0) is 18.8. The number of para-hydroxylation sites is 1. The van der Waals surface area contributed by atoms with Crippen molar-refractivity contribution in [3.63, 3.8) is 0 Å². The van der Waals surface area contributed by atoms with Crippen molar-refractivity contribution in [3.05, 3.63) is 82.3 Å². The van der Waals surface area contributed by atoms with E-state index >= 15 is 0 Å². The van der Waals surface area contributed by atoms with Crippen LogP contribution in [0.15, 0.2) is 69.8 Å². The summed E-state index contributed by atoms with van der Waals surface area (Å²) in [5, 5.41) is 8.25. The molecule has 0 spiro atoms. The molecule has 1 N–H and O–H groups in total. The van der Waals surface area contributed by atoms with Gasteiger partial charge < -0.3 is 9.73 Å². The molecule has 4 aromatic rings. The third-order valence-electron chi connectivity index (χ3n) is 4.46. The van der Waals surface area contributed by atoms with Crippen LogP contribution in [0.1, 0.15) is 21.7 Å². The van der Waals surface area contributed by atoms with Gasteiger partial charge in [-0.15, -0.1) is 0 Å². The molecule has 0 aliphatic heterocycles. The quantitative estimate of drug-likeness (QED) is 0.507. The molecule has 2 aromatic heterocycles. The average molecular weight is 424 g/mol. The van der Waals surface area contributed by atoms with Crippen LogP contribution in [0.2, 0.25) is 0 Å². The van der Waals surface area contributed by atoms with Crippen molar-refractivity contribution >= 4 is 32.8 Å². The summed E-state index contributed by atoms with van der Waals surface area (Å²) in [4.78, 5) is 12.5. The van der Waals surface area contributed by atoms with E-state index in [1.54, 1.807) is 0 Å². The number of benzene rings is 2. The molecule has 0 unspecified atom stereocenters. The number of aromatic nitrogens is 2. The number of rotatable bonds is 5. The van der Waals surface area contributed by atoms with Crippen LogP contribution in [0, 0.1) is 6.92 Å². The molecule has 4 rings (SSSR count). The topological polar surface area (TPSA) is 60.1 Å². The minimum atomic E-state index is -0.199. The Bertz CT molecular complexity index is 1100. The summed E-state index contributed by atoms with van der Waals surface area (Å²) in [6.45, 7) is 2.41. The van der Waals surface area contributed by atoms with Crippen LogP contribution >= 0.6 is 15.9 Å². The van der Waals surface area contributed by atoms with Gasteiger partial charge in [0.05, 0.1) is 11.9 Å². The Morgan fingerprint density at radius 1 is 1.22 bits per heavy atom. The lowest BCUT2D eigenvalue weighted by Gasteiger charge is -2.03. The highest BCUT2D eigenvalue weighted by atomic mass is 79.9. The molecule has 2 heterocycles. The number of nitrogens with zero attached hydrogens (tertiary/aromatic N) is 2. The van der Waals surface area contributed by atoms with E-state index in [9.17, 15) is 4.79 Å². The zero-order valence-electron chi connectivity index (χ0n) is 14.8. The standard InChI is InChI=1S/C21H18BrN3O2/c1-14-18-11-16(22)7-8-19(18)27-20(14)21(26)23-10-9-15-12-24-25(13-15)17-5-3-2-4-6-17/h2-8,11-13H,9-10H2,1H3,(H,23,26). The molecule has 2 aromatic carbocycles. The molecule has 0 saturated carbocycles. The van der Waals surface area contributed by atoms with E-state index in [-0.39, 0.29) is 5.91 Å². The number of furan rings is 1. The summed E-state index contributed by atoms with van der Waals surface area (Å²) < 4.78 is 8.52. The van der Waals surface area contributed by atoms with Crippen molar-refractivity contribution in [2.75, 3.05) is 6.54 Å². The fourth-order valence-corrected chi connectivity index (χ4v) is 3.38. The van der Waals surface area contributed by atoms with Gasteiger partial charge in [-0.1, -0.05) is 34.1 Å². The zero-order valence-corrected chi connectivity index (χ0v) is 16.4. The Hall–Kier alpha value is -2.86. The minimum Gasteiger partial charge on any atom is -0.451 e. The van der Waals surface area contributed by atoms with Crippen molar-refractivity contribution < 1.29 is 9.21 Å². The average Bonchev–Trinajstić information content (AvgIpc) is 3.28. The molecular formula is C21H18BrN3O2. The molecule has 0 fully saturated rings. The summed E-state index contributed by atoms with van der Waals surface area (Å²) in [6.07, 6.45) is 4.50. The maximum Gasteiger partial charge on any atom is 0.287 e. The number of hydrogen-bond acceptors (Lipinski definition) is 3. The fraction of sp³-hybridized carbons (Fsp3) is 0.143. The summed E-state index contributed by atoms with van der Waals surface area (Å²) >= 11 is 3.45. The first-order valence-corrected chi connectivity index (χ1v) is 9.47. The van der Waals surface area contributed by atoms with Gasteiger partial charge in [-0.2, -0.15) is 5.10 Å². The number of carbonyl (C=O) groups is 1. The van der Waals surface area contributed by atoms with Crippen molar-refractivity contribution in [1.29, 1.82) is 0 Å². The van der Waals surface area contributed by atoms with Crippen LogP contribution in [0.25, 0.3) is 16.7 Å². The van der Waals surface area contributed by atoms with Crippen molar-refractivity contribution in [2.24, 2.45) is 0 Å². The van der Waals surface area contributed by atoms with Crippen LogP contribution in [0.5, 0.6) is 0 Å². The number of aryl methyl sites for hydroxylation is 1. The molecule has 1 amide bonds. The number of halogens is 1. The largest absolute Gasteiger partial charge is 0.451 e. The lowest BCUT2D eigenvalue weighted by atomic mass is 10.1. The lowest BCUT2D eigenvalue weighted by Crippen LogP contribution is -2.25. The highest BCUT2D eigenvalue weighted by Crippen LogP contribution is 2.28. The second-order valence-corrected chi connectivity index (χ2v) is 7.25. The second kappa shape index (κ2) is 7.40. The molecular weight excluding hydrogens is 406 g/mol. The van der Waals surface area contributed by atoms with Crippen LogP contribution in [0.3, 0.4) is 0 Å². The number of fused-ring (bicyclic) bond motifs is 1. The van der Waals surface area contributed by atoms with E-state index in [0.717, 1.165) is 26.7 Å². The Morgan fingerprint density at radius 3 is 2.85 bits per heavy atom. The fourth-order valence-electron chi connectivity index (χ4n) is 3.02. The number of hydrogen-bond donors (Lipinski definition) is 1. The summed E-state index contributed by atoms with van der Waals surface area (Å²) in [5.74, 6) is 0.165. The normalized spacial score (nSPS) is 11.0. The molecule has 5 nitrogen and oxygen atoms in total. The third-order valence-corrected chi connectivity index (χ3v) is 4.95. The van der Waals surface area contributed by atoms with Crippen molar-refractivity contribution in [2.45, 2.75) is 13.3 Å². The monoisotopic (exact) mass is 423 g/mol. The second-order valence-electron chi connectivity index (χ2n) is 6.33. The first-order valence-electron chi connectivity index (χ1n) is 8.67. The van der Waals surface area contributed by atoms with Crippen LogP contribution in [-0.4, -0.2) is 22.2 Å². The predicted octanol–water partition coefficient (Wildman–Crippen LogP) is 4.66. The number of carbonyl (C=O) groups excluding carboxylic acids is 1. The predicted molar refractivity (Wildman–Crippen MR) is 108 cm³/mol. The maximum atomic E-state index is 12.5. The van der Waals surface area contributed by atoms with E-state index in [1.807, 2.05) is 72.5 Å². The number of amides is 1. The van der Waals surface area contributed by atoms with Gasteiger partial charge in [-0.05, 0) is 49.2 Å². The van der Waals surface area contributed by atoms with Gasteiger partial charge in [0.15, 0.2) is 5.76 Å². The SMILES string of the molecule is Cc1c(C(=O)NCCc2cnn(-c3ccccc3)c2)oc2ccc(Br)cc12. The Balaban J connectivity index is 1.40. The third kappa shape index (κ3) is 3.66. The van der Waals surface area contributed by atoms with Gasteiger partial charge in [0.1, 0.15) is 5.58 Å². The molecule has 6 heteroatoms. The van der Waals surface area contributed by atoms with Gasteiger partial charge in [0, 0.05) is 28.2 Å². The Morgan fingerprint density at radius 2 is 2.04 bits per heavy atom. The lowest BCUT2D eigenvalue weighted by molar-refractivity contribution is 0.0928. The maximum absolute atomic E-state index is 12.5. The van der Waals surface area contributed by atoms with E-state index in [1.165, 1.54) is 0 Å². The highest BCUT2D eigenvalue weighted by Gasteiger charge is 2.17. The van der Waals surface area contributed by atoms with Gasteiger partial charge >= 0.3 is 0 Å². The first kappa shape index (κ1) is 17.5. The Kier molecular flexibility index (Phi) is 4.81. The van der Waals surface area contributed by atoms with Crippen LogP contribution in [0.4, 0.5) is 0 Å². The minimum absolute atomic E-state index is 0.199. The first-order chi connectivity index (χ1) is 13.1. The van der Waals surface area contributed by atoms with Gasteiger partial charge in [-0.25, -0.2) is 4.68 Å². The van der Waals surface area contributed by atoms with Crippen molar-refractivity contribution in [1.82, 2.24) is 15.1 Å². The summed E-state index contributed by atoms with van der Waals surface area (Å²) in [7, 11) is 0. The highest BCUT2D eigenvalue weighted by molar-refractivity contribution is 9.10. The van der Waals surface area contributed by atoms with E-state index in [4.69, 9.17) is 4.42 Å². The van der Waals surface area contributed by atoms with Gasteiger partial charge in [0.2, 0.25) is 0 Å². The van der Waals surface area contributed by atoms with Crippen LogP contribution < -0.4 is 5.32 Å². The van der Waals surface area contributed by atoms with E-state index < -0.39 is 0 Å². The summed E-state index contributed by atoms with van der Waals surface area (Å²) in [5.41, 5.74) is 3.63. The molecule has 0 aliphatic rings. The number of nitrogens with one attached hydrogen (secondary N) is 1. The van der Waals surface area contributed by atoms with E-state index in [2.05, 4.69) is 26.3 Å². The Labute approximate surface area is 165 Å². The molecule has 27 heavy (non-hydrogen) atoms. The summed E-state index contributed by atoms with van der Waals surface area (Å²) in [6, 6.07) is 15.7. The molecule has 0 bridgehead atoms. The molecule has 0 aliphatic carbocycles. The molecule has 0 radical (unpaired) electrons. The molecule has 136 valence electrons. The van der Waals surface area contributed by atoms with Crippen molar-refractivity contribution in [3.8, 4) is 5.69 Å². The van der Waals surface area contributed by atoms with Crippen LogP contribution in [-0.2, 0) is 6.42 Å². The molecule has 0 saturated heterocycles. The smallest absolute Gasteiger partial charge is 0.287 e. The van der Waals surface area contributed by atoms with Gasteiger partial charge in [0.25, 0.3) is 5.91 Å². The molecule has 0 atom stereocenters. The van der Waals surface area contributed by atoms with E-state index in [0.29, 0.717) is 24.3 Å².